The SMILES string of the molecule is CCCCCC/C=C\C=C/CCCCCCCC(=O)O[C@H](COC(=O)CCCCCCCCCCCCCC(C)C)COP(=O)(O)OC[C@@H](O)COP(=O)(O)OC[C@@H](COC(=O)CCCCCCC)OC(=O)CCCCCCCCC(C)C. The first kappa shape index (κ1) is 80.5. The van der Waals surface area contributed by atoms with Crippen LogP contribution in [0.3, 0.4) is 0 Å². The summed E-state index contributed by atoms with van der Waals surface area (Å²) in [6.07, 6.45) is 41.7. The number of hydrogen-bond donors (Lipinski definition) is 3. The Kier molecular flexibility index (Phi) is 54.4. The van der Waals surface area contributed by atoms with Gasteiger partial charge in [-0.2, -0.15) is 0 Å². The highest BCUT2D eigenvalue weighted by molar-refractivity contribution is 7.47. The van der Waals surface area contributed by atoms with E-state index in [9.17, 15) is 43.2 Å². The molecule has 0 aromatic rings. The van der Waals surface area contributed by atoms with Gasteiger partial charge in [0.2, 0.25) is 0 Å². The van der Waals surface area contributed by atoms with Gasteiger partial charge in [-0.25, -0.2) is 9.13 Å². The molecule has 0 fully saturated rings. The maximum absolute atomic E-state index is 13.0. The molecule has 0 amide bonds. The highest BCUT2D eigenvalue weighted by Crippen LogP contribution is 2.45. The van der Waals surface area contributed by atoms with Gasteiger partial charge in [-0.15, -0.1) is 0 Å². The molecule has 488 valence electrons. The van der Waals surface area contributed by atoms with Crippen LogP contribution in [0.1, 0.15) is 292 Å². The Balaban J connectivity index is 5.22. The number of rotatable bonds is 61. The van der Waals surface area contributed by atoms with Crippen LogP contribution in [0.15, 0.2) is 24.3 Å². The van der Waals surface area contributed by atoms with Gasteiger partial charge in [-0.05, 0) is 63.2 Å². The lowest BCUT2D eigenvalue weighted by Crippen LogP contribution is -2.30. The van der Waals surface area contributed by atoms with Crippen LogP contribution >= 0.6 is 15.6 Å². The molecular weight excluding hydrogens is 1100 g/mol. The van der Waals surface area contributed by atoms with Crippen LogP contribution in [0.25, 0.3) is 0 Å². The summed E-state index contributed by atoms with van der Waals surface area (Å²) in [4.78, 5) is 71.9. The fourth-order valence-electron chi connectivity index (χ4n) is 8.99. The lowest BCUT2D eigenvalue weighted by molar-refractivity contribution is -0.161. The second kappa shape index (κ2) is 56.1. The number of unbranched alkanes of at least 4 members (excludes halogenated alkanes) is 28. The molecular formula is C64H120O17P2. The van der Waals surface area contributed by atoms with Crippen LogP contribution in [0.4, 0.5) is 0 Å². The molecule has 0 spiro atoms. The van der Waals surface area contributed by atoms with E-state index in [0.717, 1.165) is 115 Å². The number of allylic oxidation sites excluding steroid dienone is 4. The molecule has 0 saturated carbocycles. The van der Waals surface area contributed by atoms with Gasteiger partial charge in [-0.1, -0.05) is 239 Å². The molecule has 0 saturated heterocycles. The van der Waals surface area contributed by atoms with Crippen LogP contribution in [0.2, 0.25) is 0 Å². The first-order valence-electron chi connectivity index (χ1n) is 32.8. The fraction of sp³-hybridized carbons (Fsp3) is 0.875. The molecule has 2 unspecified atom stereocenters. The van der Waals surface area contributed by atoms with E-state index >= 15 is 0 Å². The average molecular weight is 1220 g/mol. The van der Waals surface area contributed by atoms with E-state index in [1.807, 2.05) is 0 Å². The lowest BCUT2D eigenvalue weighted by Gasteiger charge is -2.21. The molecule has 0 heterocycles. The molecule has 17 nitrogen and oxygen atoms in total. The largest absolute Gasteiger partial charge is 0.472 e. The van der Waals surface area contributed by atoms with E-state index < -0.39 is 97.5 Å². The van der Waals surface area contributed by atoms with Gasteiger partial charge in [0.15, 0.2) is 12.2 Å². The summed E-state index contributed by atoms with van der Waals surface area (Å²) >= 11 is 0. The van der Waals surface area contributed by atoms with Crippen molar-refractivity contribution >= 4 is 39.5 Å². The van der Waals surface area contributed by atoms with Crippen molar-refractivity contribution in [3.63, 3.8) is 0 Å². The predicted octanol–water partition coefficient (Wildman–Crippen LogP) is 17.2. The van der Waals surface area contributed by atoms with Crippen molar-refractivity contribution < 1.29 is 80.2 Å². The molecule has 0 aromatic carbocycles. The maximum Gasteiger partial charge on any atom is 0.472 e. The van der Waals surface area contributed by atoms with E-state index in [0.29, 0.717) is 31.6 Å². The summed E-state index contributed by atoms with van der Waals surface area (Å²) in [5.41, 5.74) is 0. The molecule has 19 heteroatoms. The Bertz CT molecular complexity index is 1720. The van der Waals surface area contributed by atoms with Crippen LogP contribution in [0, 0.1) is 11.8 Å². The van der Waals surface area contributed by atoms with Gasteiger partial charge in [-0.3, -0.25) is 37.3 Å². The number of esters is 4. The Morgan fingerprint density at radius 1 is 0.373 bits per heavy atom. The lowest BCUT2D eigenvalue weighted by atomic mass is 10.0. The summed E-state index contributed by atoms with van der Waals surface area (Å²) in [6, 6.07) is 0. The third-order valence-corrected chi connectivity index (χ3v) is 16.0. The van der Waals surface area contributed by atoms with E-state index in [-0.39, 0.29) is 25.7 Å². The molecule has 3 N–H and O–H groups in total. The van der Waals surface area contributed by atoms with Gasteiger partial charge >= 0.3 is 39.5 Å². The number of carbonyl (C=O) groups is 4. The Hall–Kier alpha value is -2.46. The molecule has 83 heavy (non-hydrogen) atoms. The highest BCUT2D eigenvalue weighted by Gasteiger charge is 2.30. The van der Waals surface area contributed by atoms with E-state index in [2.05, 4.69) is 65.8 Å². The van der Waals surface area contributed by atoms with Crippen molar-refractivity contribution in [3.05, 3.63) is 24.3 Å². The first-order valence-corrected chi connectivity index (χ1v) is 35.8. The zero-order chi connectivity index (χ0) is 61.5. The molecule has 0 aliphatic heterocycles. The maximum atomic E-state index is 13.0. The second-order valence-corrected chi connectivity index (χ2v) is 26.3. The van der Waals surface area contributed by atoms with Gasteiger partial charge in [0.1, 0.15) is 19.3 Å². The van der Waals surface area contributed by atoms with Crippen molar-refractivity contribution in [1.82, 2.24) is 0 Å². The minimum absolute atomic E-state index is 0.0844. The molecule has 0 aliphatic rings. The number of hydrogen-bond acceptors (Lipinski definition) is 15. The van der Waals surface area contributed by atoms with Crippen LogP contribution in [-0.4, -0.2) is 96.7 Å². The minimum Gasteiger partial charge on any atom is -0.462 e. The highest BCUT2D eigenvalue weighted by atomic mass is 31.2. The van der Waals surface area contributed by atoms with Crippen LogP contribution in [-0.2, 0) is 65.4 Å². The van der Waals surface area contributed by atoms with Crippen molar-refractivity contribution in [2.75, 3.05) is 39.6 Å². The Morgan fingerprint density at radius 2 is 0.651 bits per heavy atom. The summed E-state index contributed by atoms with van der Waals surface area (Å²) in [6.45, 7) is 9.24. The van der Waals surface area contributed by atoms with Gasteiger partial charge in [0.05, 0.1) is 26.4 Å². The van der Waals surface area contributed by atoms with E-state index in [4.69, 9.17) is 37.0 Å². The van der Waals surface area contributed by atoms with Crippen molar-refractivity contribution in [2.45, 2.75) is 310 Å². The zero-order valence-electron chi connectivity index (χ0n) is 53.0. The first-order chi connectivity index (χ1) is 39.9. The standard InChI is InChI=1S/C64H120O17P2/c1-7-9-11-13-14-15-16-17-18-19-22-26-29-36-42-48-63(68)80-60(53-75-62(67)47-41-35-28-25-23-20-21-24-27-33-38-44-56(3)4)55-79-83(72,73)77-51-58(65)50-76-82(70,71)78-54-59(52-74-61(66)46-40-32-12-10-8-2)81-64(69)49-43-37-31-30-34-39-45-57(5)6/h15-18,56-60,65H,7-14,19-55H2,1-6H3,(H,70,71)(H,72,73)/b16-15-,18-17-/t58-,59+,60+/m0/s1. The van der Waals surface area contributed by atoms with Crippen molar-refractivity contribution in [2.24, 2.45) is 11.8 Å². The normalized spacial score (nSPS) is 14.5. The summed E-state index contributed by atoms with van der Waals surface area (Å²) < 4.78 is 67.7. The summed E-state index contributed by atoms with van der Waals surface area (Å²) in [7, 11) is -9.89. The fourth-order valence-corrected chi connectivity index (χ4v) is 10.6. The van der Waals surface area contributed by atoms with Gasteiger partial charge in [0.25, 0.3) is 0 Å². The summed E-state index contributed by atoms with van der Waals surface area (Å²) in [5.74, 6) is -0.743. The average Bonchev–Trinajstić information content (AvgIpc) is 3.45. The molecule has 0 bridgehead atoms. The number of aliphatic hydroxyl groups excluding tert-OH is 1. The topological polar surface area (TPSA) is 237 Å². The number of phosphoric acid groups is 2. The molecule has 0 radical (unpaired) electrons. The predicted molar refractivity (Wildman–Crippen MR) is 331 cm³/mol. The Morgan fingerprint density at radius 3 is 0.988 bits per heavy atom. The second-order valence-electron chi connectivity index (χ2n) is 23.4. The van der Waals surface area contributed by atoms with Gasteiger partial charge in [0, 0.05) is 25.7 Å². The molecule has 0 rings (SSSR count). The number of ether oxygens (including phenoxy) is 4. The third kappa shape index (κ3) is 58.3. The molecule has 0 aromatic heterocycles. The number of phosphoric ester groups is 2. The quantitative estimate of drug-likeness (QED) is 0.0169. The third-order valence-electron chi connectivity index (χ3n) is 14.1. The van der Waals surface area contributed by atoms with E-state index in [1.54, 1.807) is 0 Å². The van der Waals surface area contributed by atoms with E-state index in [1.165, 1.54) is 89.9 Å². The van der Waals surface area contributed by atoms with Crippen molar-refractivity contribution in [3.8, 4) is 0 Å². The van der Waals surface area contributed by atoms with Crippen molar-refractivity contribution in [1.29, 1.82) is 0 Å². The minimum atomic E-state index is -4.95. The zero-order valence-corrected chi connectivity index (χ0v) is 54.8. The number of aliphatic hydroxyl groups is 1. The van der Waals surface area contributed by atoms with Gasteiger partial charge < -0.3 is 33.8 Å². The van der Waals surface area contributed by atoms with Crippen LogP contribution in [0.5, 0.6) is 0 Å². The monoisotopic (exact) mass is 1220 g/mol. The molecule has 5 atom stereocenters. The molecule has 0 aliphatic carbocycles. The van der Waals surface area contributed by atoms with Crippen LogP contribution < -0.4 is 0 Å². The smallest absolute Gasteiger partial charge is 0.462 e. The summed E-state index contributed by atoms with van der Waals surface area (Å²) in [5, 5.41) is 10.5. The Labute approximate surface area is 503 Å². The number of carbonyl (C=O) groups excluding carboxylic acids is 4.